The van der Waals surface area contributed by atoms with E-state index in [2.05, 4.69) is 10.3 Å². The second-order valence-electron chi connectivity index (χ2n) is 7.50. The van der Waals surface area contributed by atoms with Crippen molar-refractivity contribution >= 4 is 11.8 Å². The third-order valence-corrected chi connectivity index (χ3v) is 5.37. The number of furan rings is 1. The lowest BCUT2D eigenvalue weighted by Gasteiger charge is -2.15. The van der Waals surface area contributed by atoms with Crippen molar-refractivity contribution in [3.8, 4) is 5.88 Å². The zero-order chi connectivity index (χ0) is 19.3. The molecule has 0 radical (unpaired) electrons. The molecule has 1 N–H and O–H groups in total. The zero-order valence-electron chi connectivity index (χ0n) is 15.8. The third kappa shape index (κ3) is 4.52. The van der Waals surface area contributed by atoms with E-state index in [1.54, 1.807) is 23.4 Å². The Labute approximate surface area is 164 Å². The Morgan fingerprint density at radius 2 is 2.18 bits per heavy atom. The number of ether oxygens (including phenoxy) is 1. The summed E-state index contributed by atoms with van der Waals surface area (Å²) in [7, 11) is 0. The Balaban J connectivity index is 1.28. The number of nitrogens with one attached hydrogen (secondary N) is 1. The molecule has 0 spiro atoms. The van der Waals surface area contributed by atoms with E-state index < -0.39 is 0 Å². The zero-order valence-corrected chi connectivity index (χ0v) is 15.8. The molecule has 1 aliphatic carbocycles. The van der Waals surface area contributed by atoms with Crippen LogP contribution in [0.2, 0.25) is 0 Å². The number of amides is 2. The summed E-state index contributed by atoms with van der Waals surface area (Å²) in [6.07, 6.45) is 8.34. The molecule has 2 aromatic heterocycles. The first-order valence-electron chi connectivity index (χ1n) is 9.87. The molecule has 4 rings (SSSR count). The van der Waals surface area contributed by atoms with Gasteiger partial charge in [0.25, 0.3) is 0 Å². The highest BCUT2D eigenvalue weighted by Crippen LogP contribution is 2.24. The maximum atomic E-state index is 12.5. The van der Waals surface area contributed by atoms with Crippen molar-refractivity contribution in [2.75, 3.05) is 6.54 Å². The van der Waals surface area contributed by atoms with E-state index in [1.807, 2.05) is 18.2 Å². The largest absolute Gasteiger partial charge is 0.474 e. The van der Waals surface area contributed by atoms with Crippen LogP contribution in [0.3, 0.4) is 0 Å². The first kappa shape index (κ1) is 18.5. The van der Waals surface area contributed by atoms with Gasteiger partial charge in [-0.05, 0) is 49.4 Å². The van der Waals surface area contributed by atoms with Gasteiger partial charge in [0.05, 0.1) is 18.7 Å². The molecule has 1 saturated carbocycles. The molecule has 1 saturated heterocycles. The fourth-order valence-corrected chi connectivity index (χ4v) is 3.83. The smallest absolute Gasteiger partial charge is 0.225 e. The Hall–Kier alpha value is -2.83. The van der Waals surface area contributed by atoms with Crippen LogP contribution in [-0.4, -0.2) is 34.3 Å². The summed E-state index contributed by atoms with van der Waals surface area (Å²) >= 11 is 0. The van der Waals surface area contributed by atoms with Crippen molar-refractivity contribution in [3.05, 3.63) is 48.0 Å². The number of rotatable bonds is 7. The quantitative estimate of drug-likeness (QED) is 0.795. The summed E-state index contributed by atoms with van der Waals surface area (Å²) < 4.78 is 11.2. The van der Waals surface area contributed by atoms with Gasteiger partial charge >= 0.3 is 0 Å². The second-order valence-corrected chi connectivity index (χ2v) is 7.50. The standard InChI is InChI=1S/C21H25N3O4/c25-20-11-16(13-24(20)14-18-6-3-9-27-18)21(26)23-12-15-7-8-22-19(10-15)28-17-4-1-2-5-17/h3,6-10,16-17H,1-2,4-5,11-14H2,(H,23,26). The molecule has 2 aliphatic rings. The first-order valence-corrected chi connectivity index (χ1v) is 9.87. The molecule has 2 amide bonds. The molecule has 2 aromatic rings. The molecule has 0 bridgehead atoms. The van der Waals surface area contributed by atoms with Gasteiger partial charge in [-0.3, -0.25) is 9.59 Å². The number of hydrogen-bond acceptors (Lipinski definition) is 5. The molecule has 28 heavy (non-hydrogen) atoms. The van der Waals surface area contributed by atoms with Gasteiger partial charge in [0.2, 0.25) is 17.7 Å². The molecular weight excluding hydrogens is 358 g/mol. The SMILES string of the molecule is O=C(NCc1ccnc(OC2CCCC2)c1)C1CC(=O)N(Cc2ccco2)C1. The van der Waals surface area contributed by atoms with Crippen LogP contribution in [0.1, 0.15) is 43.4 Å². The van der Waals surface area contributed by atoms with Gasteiger partial charge in [-0.25, -0.2) is 4.98 Å². The van der Waals surface area contributed by atoms with E-state index in [1.165, 1.54) is 12.8 Å². The van der Waals surface area contributed by atoms with E-state index in [-0.39, 0.29) is 30.3 Å². The van der Waals surface area contributed by atoms with Gasteiger partial charge in [-0.2, -0.15) is 0 Å². The molecule has 3 heterocycles. The summed E-state index contributed by atoms with van der Waals surface area (Å²) in [5, 5.41) is 2.94. The number of carbonyl (C=O) groups excluding carboxylic acids is 2. The van der Waals surface area contributed by atoms with Crippen molar-refractivity contribution in [2.45, 2.75) is 51.3 Å². The predicted molar refractivity (Wildman–Crippen MR) is 101 cm³/mol. The summed E-state index contributed by atoms with van der Waals surface area (Å²) in [6, 6.07) is 7.36. The first-order chi connectivity index (χ1) is 13.7. The Kier molecular flexibility index (Phi) is 5.60. The molecule has 7 heteroatoms. The average Bonchev–Trinajstić information content (AvgIpc) is 3.44. The topological polar surface area (TPSA) is 84.7 Å². The van der Waals surface area contributed by atoms with E-state index in [9.17, 15) is 9.59 Å². The van der Waals surface area contributed by atoms with Crippen molar-refractivity contribution in [1.82, 2.24) is 15.2 Å². The van der Waals surface area contributed by atoms with Crippen LogP contribution in [0, 0.1) is 5.92 Å². The van der Waals surface area contributed by atoms with Crippen LogP contribution >= 0.6 is 0 Å². The minimum atomic E-state index is -0.335. The average molecular weight is 383 g/mol. The van der Waals surface area contributed by atoms with E-state index in [0.717, 1.165) is 24.2 Å². The monoisotopic (exact) mass is 383 g/mol. The maximum absolute atomic E-state index is 12.5. The summed E-state index contributed by atoms with van der Waals surface area (Å²) in [6.45, 7) is 1.21. The summed E-state index contributed by atoms with van der Waals surface area (Å²) in [4.78, 5) is 30.6. The summed E-state index contributed by atoms with van der Waals surface area (Å²) in [5.41, 5.74) is 0.938. The van der Waals surface area contributed by atoms with E-state index >= 15 is 0 Å². The van der Waals surface area contributed by atoms with Crippen LogP contribution in [-0.2, 0) is 22.7 Å². The minimum absolute atomic E-state index is 0.0206. The van der Waals surface area contributed by atoms with Crippen LogP contribution in [0.5, 0.6) is 5.88 Å². The number of likely N-dealkylation sites (tertiary alicyclic amines) is 1. The molecule has 148 valence electrons. The number of nitrogens with zero attached hydrogens (tertiary/aromatic N) is 2. The fourth-order valence-electron chi connectivity index (χ4n) is 3.83. The molecule has 0 aromatic carbocycles. The van der Waals surface area contributed by atoms with Crippen LogP contribution in [0.25, 0.3) is 0 Å². The van der Waals surface area contributed by atoms with Crippen molar-refractivity contribution in [1.29, 1.82) is 0 Å². The van der Waals surface area contributed by atoms with Crippen LogP contribution in [0.15, 0.2) is 41.1 Å². The lowest BCUT2D eigenvalue weighted by atomic mass is 10.1. The fraction of sp³-hybridized carbons (Fsp3) is 0.476. The van der Waals surface area contributed by atoms with Gasteiger partial charge in [-0.1, -0.05) is 0 Å². The van der Waals surface area contributed by atoms with Gasteiger partial charge in [-0.15, -0.1) is 0 Å². The lowest BCUT2D eigenvalue weighted by molar-refractivity contribution is -0.129. The number of carbonyl (C=O) groups is 2. The highest BCUT2D eigenvalue weighted by molar-refractivity contribution is 5.89. The highest BCUT2D eigenvalue weighted by atomic mass is 16.5. The Morgan fingerprint density at radius 3 is 2.96 bits per heavy atom. The molecular formula is C21H25N3O4. The number of pyridine rings is 1. The molecule has 1 unspecified atom stereocenters. The van der Waals surface area contributed by atoms with Gasteiger partial charge < -0.3 is 19.4 Å². The molecule has 2 fully saturated rings. The molecule has 1 aliphatic heterocycles. The van der Waals surface area contributed by atoms with E-state index in [4.69, 9.17) is 9.15 Å². The summed E-state index contributed by atoms with van der Waals surface area (Å²) in [5.74, 6) is 0.872. The van der Waals surface area contributed by atoms with Crippen LogP contribution < -0.4 is 10.1 Å². The van der Waals surface area contributed by atoms with Crippen molar-refractivity contribution < 1.29 is 18.7 Å². The second kappa shape index (κ2) is 8.46. The predicted octanol–water partition coefficient (Wildman–Crippen LogP) is 2.66. The van der Waals surface area contributed by atoms with Crippen molar-refractivity contribution in [3.63, 3.8) is 0 Å². The van der Waals surface area contributed by atoms with Crippen LogP contribution in [0.4, 0.5) is 0 Å². The normalized spacial score (nSPS) is 19.9. The van der Waals surface area contributed by atoms with Gasteiger partial charge in [0.1, 0.15) is 11.9 Å². The molecule has 7 nitrogen and oxygen atoms in total. The minimum Gasteiger partial charge on any atom is -0.474 e. The van der Waals surface area contributed by atoms with Gasteiger partial charge in [0, 0.05) is 31.8 Å². The van der Waals surface area contributed by atoms with Crippen molar-refractivity contribution in [2.24, 2.45) is 5.92 Å². The number of aromatic nitrogens is 1. The Bertz CT molecular complexity index is 815. The molecule has 1 atom stereocenters. The maximum Gasteiger partial charge on any atom is 0.225 e. The van der Waals surface area contributed by atoms with E-state index in [0.29, 0.717) is 25.5 Å². The van der Waals surface area contributed by atoms with Gasteiger partial charge in [0.15, 0.2) is 0 Å². The Morgan fingerprint density at radius 1 is 1.32 bits per heavy atom. The third-order valence-electron chi connectivity index (χ3n) is 5.37. The number of hydrogen-bond donors (Lipinski definition) is 1. The lowest BCUT2D eigenvalue weighted by Crippen LogP contribution is -2.32. The highest BCUT2D eigenvalue weighted by Gasteiger charge is 2.34.